The van der Waals surface area contributed by atoms with Gasteiger partial charge >= 0.3 is 13.3 Å². The van der Waals surface area contributed by atoms with Gasteiger partial charge in [-0.1, -0.05) is 0 Å². The van der Waals surface area contributed by atoms with Gasteiger partial charge in [0.25, 0.3) is 5.56 Å². The van der Waals surface area contributed by atoms with Crippen molar-refractivity contribution in [2.75, 3.05) is 20.6 Å². The minimum atomic E-state index is -4.33. The summed E-state index contributed by atoms with van der Waals surface area (Å²) in [6.45, 7) is 0. The first-order valence-electron chi connectivity index (χ1n) is 6.80. The molecule has 11 heteroatoms. The second-order valence-electron chi connectivity index (χ2n) is 5.22. The summed E-state index contributed by atoms with van der Waals surface area (Å²) < 4.78 is 28.2. The average molecular weight is 350 g/mol. The van der Waals surface area contributed by atoms with Gasteiger partial charge in [-0.15, -0.1) is 0 Å². The van der Waals surface area contributed by atoms with Crippen molar-refractivity contribution in [3.8, 4) is 0 Å². The Morgan fingerprint density at radius 1 is 1.30 bits per heavy atom. The molecule has 0 bridgehead atoms. The third kappa shape index (κ3) is 4.17. The van der Waals surface area contributed by atoms with E-state index in [9.17, 15) is 14.2 Å². The molecule has 0 spiro atoms. The molecule has 1 saturated carbocycles. The van der Waals surface area contributed by atoms with E-state index in [4.69, 9.17) is 24.0 Å². The SMILES string of the molecule is COC1C(OC)[C@H](n2ccc(=O)[nH]c2=O)C[C@@H]1OCP(=O)(O)O. The van der Waals surface area contributed by atoms with Crippen LogP contribution < -0.4 is 11.2 Å². The van der Waals surface area contributed by atoms with E-state index in [1.165, 1.54) is 31.0 Å². The number of methoxy groups -OCH3 is 2. The summed E-state index contributed by atoms with van der Waals surface area (Å²) in [6, 6.07) is 0.704. The Morgan fingerprint density at radius 2 is 1.96 bits per heavy atom. The molecule has 130 valence electrons. The third-order valence-corrected chi connectivity index (χ3v) is 4.24. The lowest BCUT2D eigenvalue weighted by Crippen LogP contribution is -2.39. The molecule has 2 rings (SSSR count). The Hall–Kier alpha value is -1.29. The van der Waals surface area contributed by atoms with Crippen LogP contribution in [0.3, 0.4) is 0 Å². The first-order chi connectivity index (χ1) is 10.8. The summed E-state index contributed by atoms with van der Waals surface area (Å²) in [5.74, 6) is 0. The Labute approximate surface area is 131 Å². The van der Waals surface area contributed by atoms with Gasteiger partial charge in [0.1, 0.15) is 18.6 Å². The second kappa shape index (κ2) is 7.08. The number of aromatic amines is 1. The largest absolute Gasteiger partial charge is 0.376 e. The summed E-state index contributed by atoms with van der Waals surface area (Å²) in [5.41, 5.74) is -1.12. The molecule has 0 saturated heterocycles. The molecule has 10 nitrogen and oxygen atoms in total. The Kier molecular flexibility index (Phi) is 5.56. The Balaban J connectivity index is 2.28. The molecule has 1 fully saturated rings. The molecule has 0 radical (unpaired) electrons. The zero-order valence-corrected chi connectivity index (χ0v) is 13.5. The fraction of sp³-hybridized carbons (Fsp3) is 0.667. The summed E-state index contributed by atoms with van der Waals surface area (Å²) in [6.07, 6.45) is -1.03. The van der Waals surface area contributed by atoms with Gasteiger partial charge in [0.15, 0.2) is 0 Å². The molecule has 0 aliphatic heterocycles. The molecule has 3 N–H and O–H groups in total. The topological polar surface area (TPSA) is 140 Å². The van der Waals surface area contributed by atoms with E-state index in [0.29, 0.717) is 0 Å². The maximum Gasteiger partial charge on any atom is 0.350 e. The van der Waals surface area contributed by atoms with Crippen LogP contribution in [-0.2, 0) is 18.8 Å². The molecule has 1 aromatic rings. The fourth-order valence-corrected chi connectivity index (χ4v) is 3.22. The number of nitrogens with zero attached hydrogens (tertiary/aromatic N) is 1. The van der Waals surface area contributed by atoms with Crippen LogP contribution in [0.25, 0.3) is 0 Å². The van der Waals surface area contributed by atoms with Gasteiger partial charge in [-0.25, -0.2) is 4.79 Å². The summed E-state index contributed by atoms with van der Waals surface area (Å²) >= 11 is 0. The number of rotatable bonds is 6. The van der Waals surface area contributed by atoms with Crippen molar-refractivity contribution >= 4 is 7.60 Å². The summed E-state index contributed by atoms with van der Waals surface area (Å²) in [5, 5.41) is 0. The number of ether oxygens (including phenoxy) is 3. The maximum absolute atomic E-state index is 12.0. The number of hydrogen-bond donors (Lipinski definition) is 3. The second-order valence-corrected chi connectivity index (χ2v) is 6.81. The highest BCUT2D eigenvalue weighted by Gasteiger charge is 2.46. The van der Waals surface area contributed by atoms with E-state index in [1.54, 1.807) is 0 Å². The number of nitrogens with one attached hydrogen (secondary N) is 1. The Morgan fingerprint density at radius 3 is 2.48 bits per heavy atom. The van der Waals surface area contributed by atoms with Crippen LogP contribution in [0.1, 0.15) is 12.5 Å². The quantitative estimate of drug-likeness (QED) is 0.557. The van der Waals surface area contributed by atoms with Crippen LogP contribution in [0, 0.1) is 0 Å². The van der Waals surface area contributed by atoms with Crippen molar-refractivity contribution in [2.45, 2.75) is 30.8 Å². The normalized spacial score (nSPS) is 28.2. The van der Waals surface area contributed by atoms with Gasteiger partial charge in [0.2, 0.25) is 0 Å². The zero-order chi connectivity index (χ0) is 17.2. The molecule has 0 aromatic carbocycles. The van der Waals surface area contributed by atoms with Gasteiger partial charge in [-0.05, 0) is 6.42 Å². The van der Waals surface area contributed by atoms with Gasteiger partial charge < -0.3 is 24.0 Å². The van der Waals surface area contributed by atoms with E-state index in [0.717, 1.165) is 0 Å². The van der Waals surface area contributed by atoms with Crippen molar-refractivity contribution in [3.05, 3.63) is 33.1 Å². The highest BCUT2D eigenvalue weighted by atomic mass is 31.2. The highest BCUT2D eigenvalue weighted by Crippen LogP contribution is 2.40. The van der Waals surface area contributed by atoms with Crippen molar-refractivity contribution in [1.82, 2.24) is 9.55 Å². The van der Waals surface area contributed by atoms with E-state index in [-0.39, 0.29) is 6.42 Å². The number of H-pyrrole nitrogens is 1. The fourth-order valence-electron chi connectivity index (χ4n) is 2.83. The van der Waals surface area contributed by atoms with Crippen LogP contribution in [-0.4, -0.2) is 58.2 Å². The van der Waals surface area contributed by atoms with Gasteiger partial charge in [-0.2, -0.15) is 0 Å². The minimum Gasteiger partial charge on any atom is -0.376 e. The molecular formula is C12H19N2O8P. The average Bonchev–Trinajstić information content (AvgIpc) is 2.81. The van der Waals surface area contributed by atoms with E-state index >= 15 is 0 Å². The van der Waals surface area contributed by atoms with Crippen LogP contribution >= 0.6 is 7.60 Å². The molecule has 1 aliphatic rings. The monoisotopic (exact) mass is 350 g/mol. The van der Waals surface area contributed by atoms with E-state index in [2.05, 4.69) is 4.98 Å². The van der Waals surface area contributed by atoms with Crippen LogP contribution in [0.15, 0.2) is 21.9 Å². The van der Waals surface area contributed by atoms with Crippen molar-refractivity contribution < 1.29 is 28.6 Å². The summed E-state index contributed by atoms with van der Waals surface area (Å²) in [7, 11) is -1.47. The van der Waals surface area contributed by atoms with Gasteiger partial charge in [0.05, 0.1) is 12.1 Å². The predicted octanol–water partition coefficient (Wildman–Crippen LogP) is -0.968. The molecule has 0 amide bonds. The van der Waals surface area contributed by atoms with E-state index < -0.39 is 49.5 Å². The standard InChI is InChI=1S/C12H19N2O8P/c1-20-10-7(14-4-3-9(15)13-12(14)16)5-8(11(10)21-2)22-6-23(17,18)19/h3-4,7-8,10-11H,5-6H2,1-2H3,(H,13,15,16)(H2,17,18,19)/t7-,8+,10?,11?/m1/s1. The molecule has 1 aliphatic carbocycles. The molecule has 2 unspecified atom stereocenters. The molecule has 4 atom stereocenters. The molecule has 23 heavy (non-hydrogen) atoms. The maximum atomic E-state index is 12.0. The lowest BCUT2D eigenvalue weighted by Gasteiger charge is -2.24. The zero-order valence-electron chi connectivity index (χ0n) is 12.6. The Bertz CT molecular complexity index is 695. The first-order valence-corrected chi connectivity index (χ1v) is 8.60. The number of aromatic nitrogens is 2. The van der Waals surface area contributed by atoms with Crippen LogP contribution in [0.5, 0.6) is 0 Å². The molecular weight excluding hydrogens is 331 g/mol. The molecule has 1 aromatic heterocycles. The van der Waals surface area contributed by atoms with Crippen molar-refractivity contribution in [1.29, 1.82) is 0 Å². The minimum absolute atomic E-state index is 0.239. The first kappa shape index (κ1) is 18.1. The third-order valence-electron chi connectivity index (χ3n) is 3.75. The predicted molar refractivity (Wildman–Crippen MR) is 78.4 cm³/mol. The highest BCUT2D eigenvalue weighted by molar-refractivity contribution is 7.51. The van der Waals surface area contributed by atoms with Crippen LogP contribution in [0.2, 0.25) is 0 Å². The molecule has 1 heterocycles. The summed E-state index contributed by atoms with van der Waals surface area (Å²) in [4.78, 5) is 43.2. The van der Waals surface area contributed by atoms with Crippen LogP contribution in [0.4, 0.5) is 0 Å². The smallest absolute Gasteiger partial charge is 0.350 e. The number of hydrogen-bond acceptors (Lipinski definition) is 6. The lowest BCUT2D eigenvalue weighted by molar-refractivity contribution is -0.0822. The van der Waals surface area contributed by atoms with Gasteiger partial charge in [0, 0.05) is 26.5 Å². The van der Waals surface area contributed by atoms with E-state index in [1.807, 2.05) is 0 Å². The van der Waals surface area contributed by atoms with Crippen molar-refractivity contribution in [3.63, 3.8) is 0 Å². The van der Waals surface area contributed by atoms with Gasteiger partial charge in [-0.3, -0.25) is 18.9 Å². The lowest BCUT2D eigenvalue weighted by atomic mass is 10.2. The van der Waals surface area contributed by atoms with Crippen molar-refractivity contribution in [2.24, 2.45) is 0 Å².